The maximum absolute atomic E-state index is 4.72. The lowest BCUT2D eigenvalue weighted by atomic mass is 9.98. The fraction of sp³-hybridized carbons (Fsp3) is 0.667. The van der Waals surface area contributed by atoms with Gasteiger partial charge < -0.3 is 10.2 Å². The molecule has 0 unspecified atom stereocenters. The van der Waals surface area contributed by atoms with Crippen LogP contribution in [0.3, 0.4) is 0 Å². The minimum atomic E-state index is 0.526. The molecule has 0 saturated carbocycles. The van der Waals surface area contributed by atoms with Gasteiger partial charge in [0, 0.05) is 25.3 Å². The summed E-state index contributed by atoms with van der Waals surface area (Å²) >= 11 is 0. The fourth-order valence-corrected chi connectivity index (χ4v) is 3.18. The standard InChI is InChI=1S/C15H23N3/c1-12-10-13(14-6-2-3-7-16-14)11-17-15(12)18-8-4-5-9-18/h10-11,14,16H,2-9H2,1H3/t14-/m1/s1. The van der Waals surface area contributed by atoms with Gasteiger partial charge in [0.1, 0.15) is 5.82 Å². The van der Waals surface area contributed by atoms with Crippen LogP contribution in [0.15, 0.2) is 12.3 Å². The lowest BCUT2D eigenvalue weighted by Gasteiger charge is -2.25. The van der Waals surface area contributed by atoms with Crippen molar-refractivity contribution in [3.05, 3.63) is 23.4 Å². The van der Waals surface area contributed by atoms with Crippen molar-refractivity contribution in [3.8, 4) is 0 Å². The monoisotopic (exact) mass is 245 g/mol. The zero-order chi connectivity index (χ0) is 12.4. The molecule has 0 amide bonds. The van der Waals surface area contributed by atoms with E-state index in [2.05, 4.69) is 29.4 Å². The first-order valence-corrected chi connectivity index (χ1v) is 7.29. The molecule has 2 saturated heterocycles. The minimum absolute atomic E-state index is 0.526. The molecule has 0 spiro atoms. The number of piperidine rings is 1. The van der Waals surface area contributed by atoms with Crippen LogP contribution in [-0.2, 0) is 0 Å². The summed E-state index contributed by atoms with van der Waals surface area (Å²) < 4.78 is 0. The molecule has 18 heavy (non-hydrogen) atoms. The van der Waals surface area contributed by atoms with E-state index < -0.39 is 0 Å². The summed E-state index contributed by atoms with van der Waals surface area (Å²) in [6.07, 6.45) is 8.62. The van der Waals surface area contributed by atoms with Gasteiger partial charge in [0.05, 0.1) is 0 Å². The Hall–Kier alpha value is -1.09. The van der Waals surface area contributed by atoms with Gasteiger partial charge in [-0.15, -0.1) is 0 Å². The highest BCUT2D eigenvalue weighted by Crippen LogP contribution is 2.27. The number of hydrogen-bond donors (Lipinski definition) is 1. The molecule has 0 aromatic carbocycles. The fourth-order valence-electron chi connectivity index (χ4n) is 3.18. The van der Waals surface area contributed by atoms with Crippen molar-refractivity contribution in [1.29, 1.82) is 0 Å². The highest BCUT2D eigenvalue weighted by molar-refractivity contribution is 5.48. The quantitative estimate of drug-likeness (QED) is 0.868. The molecule has 1 aromatic heterocycles. The zero-order valence-electron chi connectivity index (χ0n) is 11.3. The SMILES string of the molecule is Cc1cc([C@H]2CCCCN2)cnc1N1CCCC1. The Morgan fingerprint density at radius 1 is 1.22 bits per heavy atom. The molecule has 2 aliphatic heterocycles. The average Bonchev–Trinajstić information content (AvgIpc) is 2.93. The van der Waals surface area contributed by atoms with Crippen LogP contribution in [0.1, 0.15) is 49.3 Å². The molecular formula is C15H23N3. The Morgan fingerprint density at radius 2 is 2.06 bits per heavy atom. The van der Waals surface area contributed by atoms with Gasteiger partial charge in [0.15, 0.2) is 0 Å². The van der Waals surface area contributed by atoms with Gasteiger partial charge in [-0.2, -0.15) is 0 Å². The van der Waals surface area contributed by atoms with Crippen LogP contribution in [0.2, 0.25) is 0 Å². The van der Waals surface area contributed by atoms with Crippen molar-refractivity contribution in [2.45, 2.75) is 45.1 Å². The number of nitrogens with one attached hydrogen (secondary N) is 1. The van der Waals surface area contributed by atoms with E-state index in [1.54, 1.807) is 0 Å². The second kappa shape index (κ2) is 5.27. The number of rotatable bonds is 2. The first kappa shape index (κ1) is 12.0. The van der Waals surface area contributed by atoms with Gasteiger partial charge in [-0.25, -0.2) is 4.98 Å². The van der Waals surface area contributed by atoms with Gasteiger partial charge in [-0.05, 0) is 56.3 Å². The molecule has 0 aliphatic carbocycles. The van der Waals surface area contributed by atoms with Crippen LogP contribution in [0.25, 0.3) is 0 Å². The summed E-state index contributed by atoms with van der Waals surface area (Å²) in [7, 11) is 0. The normalized spacial score (nSPS) is 24.5. The van der Waals surface area contributed by atoms with E-state index in [0.29, 0.717) is 6.04 Å². The summed E-state index contributed by atoms with van der Waals surface area (Å²) in [4.78, 5) is 7.15. The van der Waals surface area contributed by atoms with Gasteiger partial charge >= 0.3 is 0 Å². The number of hydrogen-bond acceptors (Lipinski definition) is 3. The minimum Gasteiger partial charge on any atom is -0.356 e. The van der Waals surface area contributed by atoms with Gasteiger partial charge in [0.25, 0.3) is 0 Å². The van der Waals surface area contributed by atoms with Crippen molar-refractivity contribution < 1.29 is 0 Å². The molecule has 1 atom stereocenters. The van der Waals surface area contributed by atoms with E-state index in [9.17, 15) is 0 Å². The number of pyridine rings is 1. The summed E-state index contributed by atoms with van der Waals surface area (Å²) in [5, 5.41) is 3.60. The van der Waals surface area contributed by atoms with Crippen LogP contribution < -0.4 is 10.2 Å². The Bertz CT molecular complexity index is 404. The average molecular weight is 245 g/mol. The highest BCUT2D eigenvalue weighted by atomic mass is 15.2. The molecule has 0 bridgehead atoms. The maximum Gasteiger partial charge on any atom is 0.131 e. The molecule has 3 heteroatoms. The first-order chi connectivity index (χ1) is 8.84. The van der Waals surface area contributed by atoms with E-state index >= 15 is 0 Å². The second-order valence-corrected chi connectivity index (χ2v) is 5.61. The van der Waals surface area contributed by atoms with Crippen LogP contribution in [-0.4, -0.2) is 24.6 Å². The molecule has 1 N–H and O–H groups in total. The third kappa shape index (κ3) is 2.37. The predicted molar refractivity (Wildman–Crippen MR) is 75.0 cm³/mol. The largest absolute Gasteiger partial charge is 0.356 e. The zero-order valence-corrected chi connectivity index (χ0v) is 11.3. The number of aryl methyl sites for hydroxylation is 1. The van der Waals surface area contributed by atoms with E-state index in [0.717, 1.165) is 6.54 Å². The summed E-state index contributed by atoms with van der Waals surface area (Å²) in [5.41, 5.74) is 2.71. The van der Waals surface area contributed by atoms with Gasteiger partial charge in [0.2, 0.25) is 0 Å². The Balaban J connectivity index is 1.79. The molecule has 2 aliphatic rings. The van der Waals surface area contributed by atoms with E-state index in [-0.39, 0.29) is 0 Å². The smallest absolute Gasteiger partial charge is 0.131 e. The predicted octanol–water partition coefficient (Wildman–Crippen LogP) is 2.80. The van der Waals surface area contributed by atoms with Crippen LogP contribution in [0, 0.1) is 6.92 Å². The Kier molecular flexibility index (Phi) is 3.50. The van der Waals surface area contributed by atoms with Gasteiger partial charge in [-0.3, -0.25) is 0 Å². The summed E-state index contributed by atoms with van der Waals surface area (Å²) in [5.74, 6) is 1.20. The van der Waals surface area contributed by atoms with Crippen LogP contribution in [0.5, 0.6) is 0 Å². The molecule has 3 rings (SSSR count). The number of nitrogens with zero attached hydrogens (tertiary/aromatic N) is 2. The number of anilines is 1. The molecule has 3 heterocycles. The Labute approximate surface area is 110 Å². The van der Waals surface area contributed by atoms with Crippen molar-refractivity contribution in [1.82, 2.24) is 10.3 Å². The molecule has 1 aromatic rings. The topological polar surface area (TPSA) is 28.2 Å². The molecular weight excluding hydrogens is 222 g/mol. The van der Waals surface area contributed by atoms with Crippen LogP contribution in [0.4, 0.5) is 5.82 Å². The summed E-state index contributed by atoms with van der Waals surface area (Å²) in [6.45, 7) is 5.70. The van der Waals surface area contributed by atoms with E-state index in [1.165, 1.54) is 62.1 Å². The lowest BCUT2D eigenvalue weighted by molar-refractivity contribution is 0.411. The van der Waals surface area contributed by atoms with Crippen molar-refractivity contribution in [3.63, 3.8) is 0 Å². The third-order valence-electron chi connectivity index (χ3n) is 4.19. The van der Waals surface area contributed by atoms with E-state index in [4.69, 9.17) is 4.98 Å². The molecule has 98 valence electrons. The molecule has 0 radical (unpaired) electrons. The first-order valence-electron chi connectivity index (χ1n) is 7.29. The maximum atomic E-state index is 4.72. The highest BCUT2D eigenvalue weighted by Gasteiger charge is 2.19. The van der Waals surface area contributed by atoms with Gasteiger partial charge in [-0.1, -0.05) is 6.42 Å². The molecule has 2 fully saturated rings. The third-order valence-corrected chi connectivity index (χ3v) is 4.19. The molecule has 3 nitrogen and oxygen atoms in total. The number of aromatic nitrogens is 1. The lowest BCUT2D eigenvalue weighted by Crippen LogP contribution is -2.27. The Morgan fingerprint density at radius 3 is 2.72 bits per heavy atom. The van der Waals surface area contributed by atoms with Crippen LogP contribution >= 0.6 is 0 Å². The van der Waals surface area contributed by atoms with Crippen molar-refractivity contribution in [2.24, 2.45) is 0 Å². The summed E-state index contributed by atoms with van der Waals surface area (Å²) in [6, 6.07) is 2.86. The van der Waals surface area contributed by atoms with Crippen molar-refractivity contribution >= 4 is 5.82 Å². The second-order valence-electron chi connectivity index (χ2n) is 5.61. The van der Waals surface area contributed by atoms with Crippen molar-refractivity contribution in [2.75, 3.05) is 24.5 Å². The van der Waals surface area contributed by atoms with E-state index in [1.807, 2.05) is 0 Å².